The minimum Gasteiger partial charge on any atom is -0.497 e. The standard InChI is InChI=1S/C15H18N3O2/c1-4-5-14-16-10(2)15-17(19)9-11-6-7-12(20-3)8-13(11)18(14)15/h6-8H,4-5,9H2,1-3H3/q+1. The van der Waals surface area contributed by atoms with E-state index in [1.807, 2.05) is 29.7 Å². The topological polar surface area (TPSA) is 47.1 Å². The summed E-state index contributed by atoms with van der Waals surface area (Å²) in [5, 5.41) is 0. The first-order valence-corrected chi connectivity index (χ1v) is 6.86. The van der Waals surface area contributed by atoms with E-state index in [1.54, 1.807) is 7.11 Å². The number of hydrogen-bond donors (Lipinski definition) is 0. The third kappa shape index (κ3) is 1.81. The maximum Gasteiger partial charge on any atom is 0.348 e. The van der Waals surface area contributed by atoms with Crippen LogP contribution in [-0.2, 0) is 13.0 Å². The number of rotatable bonds is 3. The quantitative estimate of drug-likeness (QED) is 0.807. The molecule has 104 valence electrons. The van der Waals surface area contributed by atoms with Gasteiger partial charge < -0.3 is 4.74 Å². The van der Waals surface area contributed by atoms with E-state index in [4.69, 9.17) is 4.74 Å². The van der Waals surface area contributed by atoms with Crippen LogP contribution in [0.4, 0.5) is 5.82 Å². The van der Waals surface area contributed by atoms with E-state index in [1.165, 1.54) is 0 Å². The summed E-state index contributed by atoms with van der Waals surface area (Å²) in [6.07, 6.45) is 1.85. The second-order valence-electron chi connectivity index (χ2n) is 5.05. The summed E-state index contributed by atoms with van der Waals surface area (Å²) in [5.41, 5.74) is 2.80. The number of aromatic nitrogens is 2. The van der Waals surface area contributed by atoms with Crippen LogP contribution >= 0.6 is 0 Å². The Kier molecular flexibility index (Phi) is 3.04. The van der Waals surface area contributed by atoms with Crippen LogP contribution in [0, 0.1) is 11.8 Å². The van der Waals surface area contributed by atoms with Gasteiger partial charge in [0.05, 0.1) is 7.11 Å². The van der Waals surface area contributed by atoms with Crippen molar-refractivity contribution in [2.45, 2.75) is 33.2 Å². The lowest BCUT2D eigenvalue weighted by molar-refractivity contribution is -0.488. The van der Waals surface area contributed by atoms with Gasteiger partial charge in [0.15, 0.2) is 6.54 Å². The van der Waals surface area contributed by atoms with E-state index < -0.39 is 0 Å². The van der Waals surface area contributed by atoms with Crippen molar-refractivity contribution >= 4 is 5.82 Å². The molecule has 0 atom stereocenters. The maximum atomic E-state index is 12.3. The Labute approximate surface area is 117 Å². The molecule has 3 rings (SSSR count). The van der Waals surface area contributed by atoms with Gasteiger partial charge in [-0.1, -0.05) is 11.8 Å². The van der Waals surface area contributed by atoms with Crippen LogP contribution in [0.15, 0.2) is 18.2 Å². The van der Waals surface area contributed by atoms with Gasteiger partial charge in [0.1, 0.15) is 17.1 Å². The zero-order chi connectivity index (χ0) is 14.3. The predicted molar refractivity (Wildman–Crippen MR) is 75.8 cm³/mol. The zero-order valence-electron chi connectivity index (χ0n) is 12.0. The molecule has 2 aromatic rings. The minimum absolute atomic E-state index is 0.359. The van der Waals surface area contributed by atoms with E-state index >= 15 is 0 Å². The van der Waals surface area contributed by atoms with Gasteiger partial charge in [0.2, 0.25) is 5.82 Å². The Bertz CT molecular complexity index is 689. The third-order valence-electron chi connectivity index (χ3n) is 3.65. The number of aryl methyl sites for hydroxylation is 2. The molecule has 1 aromatic heterocycles. The van der Waals surface area contributed by atoms with Crippen LogP contribution in [0.2, 0.25) is 0 Å². The molecular formula is C15H18N3O2+. The molecule has 1 aliphatic heterocycles. The first-order chi connectivity index (χ1) is 9.65. The van der Waals surface area contributed by atoms with Crippen molar-refractivity contribution in [1.82, 2.24) is 9.55 Å². The molecule has 0 bridgehead atoms. The second-order valence-corrected chi connectivity index (χ2v) is 5.05. The normalized spacial score (nSPS) is 13.1. The lowest BCUT2D eigenvalue weighted by atomic mass is 10.1. The monoisotopic (exact) mass is 272 g/mol. The van der Waals surface area contributed by atoms with Crippen molar-refractivity contribution in [3.05, 3.63) is 40.2 Å². The molecule has 0 fully saturated rings. The van der Waals surface area contributed by atoms with Gasteiger partial charge in [-0.15, -0.1) is 0 Å². The van der Waals surface area contributed by atoms with Crippen LogP contribution in [0.25, 0.3) is 5.69 Å². The highest BCUT2D eigenvalue weighted by atomic mass is 16.5. The third-order valence-corrected chi connectivity index (χ3v) is 3.65. The molecule has 0 N–H and O–H groups in total. The van der Waals surface area contributed by atoms with Crippen molar-refractivity contribution < 1.29 is 9.50 Å². The van der Waals surface area contributed by atoms with Gasteiger partial charge in [0, 0.05) is 18.1 Å². The van der Waals surface area contributed by atoms with E-state index in [-0.39, 0.29) is 0 Å². The number of ether oxygens (including phenoxy) is 1. The number of imidazole rings is 1. The molecule has 0 saturated heterocycles. The zero-order valence-corrected chi connectivity index (χ0v) is 12.0. The van der Waals surface area contributed by atoms with Crippen molar-refractivity contribution in [2.24, 2.45) is 0 Å². The Morgan fingerprint density at radius 1 is 1.45 bits per heavy atom. The second kappa shape index (κ2) is 4.74. The average molecular weight is 272 g/mol. The fourth-order valence-electron chi connectivity index (χ4n) is 2.76. The largest absolute Gasteiger partial charge is 0.497 e. The average Bonchev–Trinajstić information content (AvgIpc) is 2.77. The Morgan fingerprint density at radius 3 is 2.95 bits per heavy atom. The van der Waals surface area contributed by atoms with Gasteiger partial charge >= 0.3 is 5.82 Å². The number of nitroso groups, excluding NO2 is 1. The number of benzene rings is 1. The van der Waals surface area contributed by atoms with Crippen molar-refractivity contribution in [3.63, 3.8) is 0 Å². The highest BCUT2D eigenvalue weighted by Crippen LogP contribution is 2.35. The first kappa shape index (κ1) is 12.8. The van der Waals surface area contributed by atoms with Crippen LogP contribution in [0.3, 0.4) is 0 Å². The van der Waals surface area contributed by atoms with Crippen LogP contribution in [0.5, 0.6) is 5.75 Å². The number of fused-ring (bicyclic) bond motifs is 3. The molecule has 0 saturated carbocycles. The van der Waals surface area contributed by atoms with E-state index in [0.29, 0.717) is 12.4 Å². The van der Waals surface area contributed by atoms with Gasteiger partial charge in [-0.25, -0.2) is 4.98 Å². The predicted octanol–water partition coefficient (Wildman–Crippen LogP) is 3.07. The summed E-state index contributed by atoms with van der Waals surface area (Å²) in [5.74, 6) is 2.38. The lowest BCUT2D eigenvalue weighted by Gasteiger charge is -2.14. The molecule has 1 aromatic carbocycles. The molecule has 20 heavy (non-hydrogen) atoms. The smallest absolute Gasteiger partial charge is 0.348 e. The van der Waals surface area contributed by atoms with Gasteiger partial charge in [-0.05, 0) is 30.2 Å². The molecule has 2 heterocycles. The Balaban J connectivity index is 2.27. The Hall–Kier alpha value is -2.17. The fraction of sp³-hybridized carbons (Fsp3) is 0.400. The first-order valence-electron chi connectivity index (χ1n) is 6.86. The summed E-state index contributed by atoms with van der Waals surface area (Å²) in [7, 11) is 1.65. The number of hydrogen-bond acceptors (Lipinski definition) is 3. The van der Waals surface area contributed by atoms with Crippen LogP contribution in [-0.4, -0.2) is 21.4 Å². The molecular weight excluding hydrogens is 254 g/mol. The molecule has 0 radical (unpaired) electrons. The summed E-state index contributed by atoms with van der Waals surface area (Å²) < 4.78 is 8.31. The molecule has 0 aliphatic carbocycles. The number of nitrogens with zero attached hydrogens (tertiary/aromatic N) is 3. The van der Waals surface area contributed by atoms with Crippen molar-refractivity contribution in [2.75, 3.05) is 7.11 Å². The summed E-state index contributed by atoms with van der Waals surface area (Å²) >= 11 is 0. The molecule has 5 nitrogen and oxygen atoms in total. The van der Waals surface area contributed by atoms with Gasteiger partial charge in [0.25, 0.3) is 0 Å². The maximum absolute atomic E-state index is 12.3. The van der Waals surface area contributed by atoms with E-state index in [0.717, 1.165) is 46.1 Å². The molecule has 0 spiro atoms. The van der Waals surface area contributed by atoms with E-state index in [9.17, 15) is 4.91 Å². The SMILES string of the molecule is CCCc1nc(C)c2n1-c1cc(OC)ccc1C[N+]2=O. The summed E-state index contributed by atoms with van der Waals surface area (Å²) in [6.45, 7) is 4.36. The number of methoxy groups -OCH3 is 1. The fourth-order valence-corrected chi connectivity index (χ4v) is 2.76. The molecule has 5 heteroatoms. The van der Waals surface area contributed by atoms with Crippen molar-refractivity contribution in [1.29, 1.82) is 0 Å². The summed E-state index contributed by atoms with van der Waals surface area (Å²) in [6, 6.07) is 5.82. The lowest BCUT2D eigenvalue weighted by Crippen LogP contribution is -2.17. The molecule has 0 amide bonds. The van der Waals surface area contributed by atoms with E-state index in [2.05, 4.69) is 11.9 Å². The highest BCUT2D eigenvalue weighted by molar-refractivity contribution is 5.53. The summed E-state index contributed by atoms with van der Waals surface area (Å²) in [4.78, 5) is 16.8. The minimum atomic E-state index is 0.359. The van der Waals surface area contributed by atoms with Crippen LogP contribution in [0.1, 0.15) is 30.4 Å². The molecule has 0 unspecified atom stereocenters. The van der Waals surface area contributed by atoms with Crippen LogP contribution < -0.4 is 4.74 Å². The highest BCUT2D eigenvalue weighted by Gasteiger charge is 2.35. The van der Waals surface area contributed by atoms with Gasteiger partial charge in [-0.2, -0.15) is 4.57 Å². The molecule has 1 aliphatic rings. The van der Waals surface area contributed by atoms with Gasteiger partial charge in [-0.3, -0.25) is 0 Å². The Morgan fingerprint density at radius 2 is 2.25 bits per heavy atom. The van der Waals surface area contributed by atoms with Crippen molar-refractivity contribution in [3.8, 4) is 11.4 Å².